The number of rotatable bonds is 9. The summed E-state index contributed by atoms with van der Waals surface area (Å²) in [5.74, 6) is 5.35. The average molecular weight is 569 g/mol. The van der Waals surface area contributed by atoms with E-state index in [1.165, 1.54) is 16.7 Å². The highest BCUT2D eigenvalue weighted by Gasteiger charge is 2.54. The van der Waals surface area contributed by atoms with E-state index in [1.807, 2.05) is 30.3 Å². The third-order valence-electron chi connectivity index (χ3n) is 8.89. The Hall–Kier alpha value is -4.52. The largest absolute Gasteiger partial charge is 0.497 e. The lowest BCUT2D eigenvalue weighted by Gasteiger charge is -2.24. The molecule has 2 aliphatic carbocycles. The van der Waals surface area contributed by atoms with Crippen LogP contribution in [0.3, 0.4) is 0 Å². The van der Waals surface area contributed by atoms with Crippen LogP contribution >= 0.6 is 0 Å². The first-order valence-electron chi connectivity index (χ1n) is 13.9. The first kappa shape index (κ1) is 27.6. The van der Waals surface area contributed by atoms with Gasteiger partial charge >= 0.3 is 0 Å². The summed E-state index contributed by atoms with van der Waals surface area (Å²) in [7, 11) is 11.8. The molecule has 0 unspecified atom stereocenters. The maximum absolute atomic E-state index is 6.07. The molecule has 6 rings (SSSR count). The summed E-state index contributed by atoms with van der Waals surface area (Å²) in [6.07, 6.45) is 0. The molecule has 0 amide bonds. The van der Waals surface area contributed by atoms with Crippen LogP contribution in [0.25, 0.3) is 0 Å². The van der Waals surface area contributed by atoms with Crippen molar-refractivity contribution in [3.8, 4) is 40.2 Å². The molecule has 0 spiro atoms. The molecule has 0 heterocycles. The number of ether oxygens (including phenoxy) is 7. The van der Waals surface area contributed by atoms with Gasteiger partial charge in [0.25, 0.3) is 0 Å². The maximum Gasteiger partial charge on any atom is 0.161 e. The quantitative estimate of drug-likeness (QED) is 0.218. The topological polar surface area (TPSA) is 64.6 Å². The molecular formula is C35H36O7. The second kappa shape index (κ2) is 11.0. The molecule has 7 nitrogen and oxygen atoms in total. The predicted molar refractivity (Wildman–Crippen MR) is 161 cm³/mol. The van der Waals surface area contributed by atoms with Crippen LogP contribution in [-0.4, -0.2) is 49.8 Å². The van der Waals surface area contributed by atoms with Gasteiger partial charge in [0.15, 0.2) is 11.5 Å². The van der Waals surface area contributed by atoms with Gasteiger partial charge in [-0.05, 0) is 58.7 Å². The predicted octanol–water partition coefficient (Wildman–Crippen LogP) is 6.91. The number of fused-ring (bicyclic) bond motifs is 5. The van der Waals surface area contributed by atoms with Gasteiger partial charge in [-0.15, -0.1) is 0 Å². The molecule has 0 saturated carbocycles. The van der Waals surface area contributed by atoms with Gasteiger partial charge in [0.1, 0.15) is 28.7 Å². The molecule has 0 saturated heterocycles. The number of methoxy groups -OCH3 is 7. The fourth-order valence-corrected chi connectivity index (χ4v) is 7.16. The monoisotopic (exact) mass is 568 g/mol. The van der Waals surface area contributed by atoms with Crippen molar-refractivity contribution in [1.29, 1.82) is 0 Å². The fourth-order valence-electron chi connectivity index (χ4n) is 7.16. The highest BCUT2D eigenvalue weighted by molar-refractivity contribution is 5.69. The maximum atomic E-state index is 6.07. The summed E-state index contributed by atoms with van der Waals surface area (Å²) in [6, 6.07) is 22.8. The minimum atomic E-state index is -0.0514. The van der Waals surface area contributed by atoms with Crippen molar-refractivity contribution < 1.29 is 33.2 Å². The summed E-state index contributed by atoms with van der Waals surface area (Å²) in [6.45, 7) is 0. The fraction of sp³-hybridized carbons (Fsp3) is 0.314. The molecule has 4 aromatic rings. The molecular weight excluding hydrogens is 532 g/mol. The van der Waals surface area contributed by atoms with Crippen LogP contribution in [0.15, 0.2) is 66.7 Å². The summed E-state index contributed by atoms with van der Waals surface area (Å²) < 4.78 is 40.5. The van der Waals surface area contributed by atoms with Crippen LogP contribution < -0.4 is 33.2 Å². The van der Waals surface area contributed by atoms with E-state index in [4.69, 9.17) is 33.2 Å². The zero-order chi connectivity index (χ0) is 29.5. The highest BCUT2D eigenvalue weighted by Crippen LogP contribution is 2.69. The first-order chi connectivity index (χ1) is 20.5. The average Bonchev–Trinajstić information content (AvgIpc) is 3.56. The normalized spacial score (nSPS) is 19.8. The van der Waals surface area contributed by atoms with Crippen molar-refractivity contribution in [2.75, 3.05) is 49.8 Å². The smallest absolute Gasteiger partial charge is 0.161 e. The standard InChI is InChI=1S/C35H36O7/c1-36-21-11-8-19(9-12-21)30-32-24(15-22(37-2)17-28(32)41-6)35-31(20-10-13-26(39-4)27(14-20)40-5)33-25(34(30)35)16-23(38-3)18-29(33)42-7/h8-18,30-31,34-35H,1-7H3/t30-,31-,34+,35+/m1/s1. The minimum Gasteiger partial charge on any atom is -0.497 e. The Morgan fingerprint density at radius 1 is 0.381 bits per heavy atom. The van der Waals surface area contributed by atoms with Gasteiger partial charge in [0.2, 0.25) is 0 Å². The van der Waals surface area contributed by atoms with Gasteiger partial charge in [-0.3, -0.25) is 0 Å². The Bertz CT molecular complexity index is 1610. The third kappa shape index (κ3) is 4.18. The van der Waals surface area contributed by atoms with Crippen LogP contribution in [0.2, 0.25) is 0 Å². The minimum absolute atomic E-state index is 0.00234. The van der Waals surface area contributed by atoms with Crippen LogP contribution in [0, 0.1) is 0 Å². The zero-order valence-electron chi connectivity index (χ0n) is 25.0. The van der Waals surface area contributed by atoms with E-state index in [0.29, 0.717) is 11.5 Å². The van der Waals surface area contributed by atoms with Gasteiger partial charge in [-0.2, -0.15) is 0 Å². The van der Waals surface area contributed by atoms with Gasteiger partial charge in [0, 0.05) is 46.9 Å². The molecule has 0 bridgehead atoms. The van der Waals surface area contributed by atoms with Gasteiger partial charge < -0.3 is 33.2 Å². The van der Waals surface area contributed by atoms with Crippen molar-refractivity contribution in [3.63, 3.8) is 0 Å². The van der Waals surface area contributed by atoms with E-state index in [-0.39, 0.29) is 23.7 Å². The van der Waals surface area contributed by atoms with Crippen LogP contribution in [0.1, 0.15) is 57.1 Å². The van der Waals surface area contributed by atoms with Gasteiger partial charge in [0.05, 0.1) is 49.8 Å². The van der Waals surface area contributed by atoms with Crippen LogP contribution in [0.4, 0.5) is 0 Å². The van der Waals surface area contributed by atoms with Crippen molar-refractivity contribution >= 4 is 0 Å². The van der Waals surface area contributed by atoms with Crippen molar-refractivity contribution in [2.45, 2.75) is 23.7 Å². The second-order valence-electron chi connectivity index (χ2n) is 10.6. The first-order valence-corrected chi connectivity index (χ1v) is 13.9. The molecule has 0 fully saturated rings. The molecule has 4 atom stereocenters. The third-order valence-corrected chi connectivity index (χ3v) is 8.89. The molecule has 0 radical (unpaired) electrons. The summed E-state index contributed by atoms with van der Waals surface area (Å²) >= 11 is 0. The van der Waals surface area contributed by atoms with Crippen LogP contribution in [0.5, 0.6) is 40.2 Å². The van der Waals surface area contributed by atoms with E-state index in [9.17, 15) is 0 Å². The lowest BCUT2D eigenvalue weighted by atomic mass is 9.79. The number of benzene rings is 4. The Kier molecular flexibility index (Phi) is 7.27. The Balaban J connectivity index is 1.68. The summed E-state index contributed by atoms with van der Waals surface area (Å²) in [5, 5.41) is 0. The lowest BCUT2D eigenvalue weighted by molar-refractivity contribution is 0.354. The van der Waals surface area contributed by atoms with Gasteiger partial charge in [-0.25, -0.2) is 0 Å². The zero-order valence-corrected chi connectivity index (χ0v) is 25.0. The lowest BCUT2D eigenvalue weighted by Crippen LogP contribution is -2.10. The molecule has 4 aromatic carbocycles. The van der Waals surface area contributed by atoms with E-state index in [0.717, 1.165) is 45.4 Å². The van der Waals surface area contributed by atoms with E-state index in [1.54, 1.807) is 49.8 Å². The molecule has 0 N–H and O–H groups in total. The van der Waals surface area contributed by atoms with Crippen LogP contribution in [-0.2, 0) is 0 Å². The SMILES string of the molecule is COc1ccc([C@@H]2c3c(OC)cc(OC)cc3[C@H]3[C@H](c4ccc(OC)c(OC)c4)c4c(OC)cc(OC)cc4[C@@H]23)cc1. The van der Waals surface area contributed by atoms with E-state index in [2.05, 4.69) is 36.4 Å². The Morgan fingerprint density at radius 2 is 0.833 bits per heavy atom. The summed E-state index contributed by atoms with van der Waals surface area (Å²) in [4.78, 5) is 0. The molecule has 2 aliphatic rings. The van der Waals surface area contributed by atoms with Gasteiger partial charge in [-0.1, -0.05) is 18.2 Å². The molecule has 42 heavy (non-hydrogen) atoms. The number of hydrogen-bond acceptors (Lipinski definition) is 7. The Labute approximate surface area is 246 Å². The molecule has 7 heteroatoms. The number of hydrogen-bond donors (Lipinski definition) is 0. The molecule has 218 valence electrons. The summed E-state index contributed by atoms with van der Waals surface area (Å²) in [5.41, 5.74) is 6.97. The van der Waals surface area contributed by atoms with E-state index >= 15 is 0 Å². The molecule has 0 aliphatic heterocycles. The van der Waals surface area contributed by atoms with E-state index < -0.39 is 0 Å². The van der Waals surface area contributed by atoms with Crippen molar-refractivity contribution in [2.24, 2.45) is 0 Å². The Morgan fingerprint density at radius 3 is 1.29 bits per heavy atom. The highest BCUT2D eigenvalue weighted by atomic mass is 16.5. The van der Waals surface area contributed by atoms with Crippen molar-refractivity contribution in [1.82, 2.24) is 0 Å². The molecule has 0 aromatic heterocycles. The second-order valence-corrected chi connectivity index (χ2v) is 10.6. The van der Waals surface area contributed by atoms with Crippen molar-refractivity contribution in [3.05, 3.63) is 100 Å².